The largest absolute Gasteiger partial charge is 0.376 e. The van der Waals surface area contributed by atoms with Crippen molar-refractivity contribution in [1.82, 2.24) is 19.7 Å². The fourth-order valence-electron chi connectivity index (χ4n) is 4.05. The molecule has 1 fully saturated rings. The zero-order valence-corrected chi connectivity index (χ0v) is 16.8. The van der Waals surface area contributed by atoms with E-state index in [-0.39, 0.29) is 17.7 Å². The van der Waals surface area contributed by atoms with Crippen molar-refractivity contribution in [3.05, 3.63) is 39.9 Å². The first-order valence-corrected chi connectivity index (χ1v) is 10.0. The highest BCUT2D eigenvalue weighted by molar-refractivity contribution is 5.44. The van der Waals surface area contributed by atoms with Crippen LogP contribution in [0.5, 0.6) is 0 Å². The van der Waals surface area contributed by atoms with Crippen molar-refractivity contribution in [3.63, 3.8) is 0 Å². The monoisotopic (exact) mass is 384 g/mol. The third-order valence-corrected chi connectivity index (χ3v) is 5.52. The summed E-state index contributed by atoms with van der Waals surface area (Å²) in [4.78, 5) is 23.2. The molecule has 8 nitrogen and oxygen atoms in total. The fraction of sp³-hybridized carbons (Fsp3) is 0.600. The SMILES string of the molecule is CC(C)[C@@H]1OCCC[C@@H]1Nc1ccnc(N2CCc3nn(C)c(=O)cc3C2)n1. The lowest BCUT2D eigenvalue weighted by atomic mass is 9.94. The van der Waals surface area contributed by atoms with Crippen LogP contribution in [0.4, 0.5) is 11.8 Å². The van der Waals surface area contributed by atoms with Crippen molar-refractivity contribution in [3.8, 4) is 0 Å². The molecule has 0 aliphatic carbocycles. The van der Waals surface area contributed by atoms with Gasteiger partial charge in [0.15, 0.2) is 0 Å². The van der Waals surface area contributed by atoms with Crippen LogP contribution in [-0.2, 0) is 24.8 Å². The highest BCUT2D eigenvalue weighted by atomic mass is 16.5. The first-order chi connectivity index (χ1) is 13.5. The molecule has 2 aliphatic heterocycles. The summed E-state index contributed by atoms with van der Waals surface area (Å²) in [5.41, 5.74) is 1.84. The van der Waals surface area contributed by atoms with E-state index in [1.54, 1.807) is 19.3 Å². The van der Waals surface area contributed by atoms with Crippen LogP contribution in [0, 0.1) is 5.92 Å². The predicted molar refractivity (Wildman–Crippen MR) is 107 cm³/mol. The second kappa shape index (κ2) is 7.87. The van der Waals surface area contributed by atoms with Crippen LogP contribution in [0.2, 0.25) is 0 Å². The molecule has 0 bridgehead atoms. The lowest BCUT2D eigenvalue weighted by Gasteiger charge is -2.35. The highest BCUT2D eigenvalue weighted by Crippen LogP contribution is 2.25. The molecule has 0 saturated carbocycles. The molecule has 0 radical (unpaired) electrons. The van der Waals surface area contributed by atoms with E-state index < -0.39 is 0 Å². The molecule has 0 spiro atoms. The molecule has 2 aromatic heterocycles. The van der Waals surface area contributed by atoms with Crippen molar-refractivity contribution in [2.45, 2.75) is 51.8 Å². The minimum absolute atomic E-state index is 0.0889. The Balaban J connectivity index is 1.51. The second-order valence-electron chi connectivity index (χ2n) is 7.96. The molecule has 1 N–H and O–H groups in total. The molecule has 2 aliphatic rings. The Labute approximate surface area is 164 Å². The second-order valence-corrected chi connectivity index (χ2v) is 7.96. The third-order valence-electron chi connectivity index (χ3n) is 5.52. The molecule has 4 heterocycles. The number of anilines is 2. The Morgan fingerprint density at radius 1 is 1.36 bits per heavy atom. The van der Waals surface area contributed by atoms with E-state index in [4.69, 9.17) is 9.72 Å². The van der Waals surface area contributed by atoms with Gasteiger partial charge < -0.3 is 15.0 Å². The van der Waals surface area contributed by atoms with Gasteiger partial charge in [-0.1, -0.05) is 13.8 Å². The molecule has 0 unspecified atom stereocenters. The Kier molecular flexibility index (Phi) is 5.30. The molecule has 4 rings (SSSR count). The summed E-state index contributed by atoms with van der Waals surface area (Å²) in [7, 11) is 1.69. The number of fused-ring (bicyclic) bond motifs is 1. The van der Waals surface area contributed by atoms with Gasteiger partial charge in [-0.3, -0.25) is 4.79 Å². The van der Waals surface area contributed by atoms with Crippen LogP contribution >= 0.6 is 0 Å². The number of rotatable bonds is 4. The summed E-state index contributed by atoms with van der Waals surface area (Å²) in [6.45, 7) is 6.60. The number of ether oxygens (including phenoxy) is 1. The summed E-state index contributed by atoms with van der Waals surface area (Å²) >= 11 is 0. The normalized spacial score (nSPS) is 22.2. The van der Waals surface area contributed by atoms with E-state index in [0.29, 0.717) is 18.4 Å². The van der Waals surface area contributed by atoms with E-state index in [0.717, 1.165) is 49.5 Å². The maximum atomic E-state index is 11.9. The zero-order valence-electron chi connectivity index (χ0n) is 16.8. The van der Waals surface area contributed by atoms with Crippen LogP contribution in [0.1, 0.15) is 37.9 Å². The lowest BCUT2D eigenvalue weighted by Crippen LogP contribution is -2.43. The van der Waals surface area contributed by atoms with E-state index in [1.165, 1.54) is 4.68 Å². The van der Waals surface area contributed by atoms with Crippen LogP contribution in [0.25, 0.3) is 0 Å². The zero-order chi connectivity index (χ0) is 19.7. The van der Waals surface area contributed by atoms with E-state index in [9.17, 15) is 4.79 Å². The number of aryl methyl sites for hydroxylation is 1. The summed E-state index contributed by atoms with van der Waals surface area (Å²) in [6.07, 6.45) is 4.89. The van der Waals surface area contributed by atoms with Crippen LogP contribution < -0.4 is 15.8 Å². The van der Waals surface area contributed by atoms with Crippen molar-refractivity contribution >= 4 is 11.8 Å². The Hall–Kier alpha value is -2.48. The highest BCUT2D eigenvalue weighted by Gasteiger charge is 2.29. The number of hydrogen-bond acceptors (Lipinski definition) is 7. The third kappa shape index (κ3) is 3.87. The topological polar surface area (TPSA) is 85.2 Å². The van der Waals surface area contributed by atoms with Gasteiger partial charge in [0.05, 0.1) is 17.8 Å². The molecule has 0 amide bonds. The van der Waals surface area contributed by atoms with Crippen molar-refractivity contribution in [2.75, 3.05) is 23.4 Å². The fourth-order valence-corrected chi connectivity index (χ4v) is 4.05. The van der Waals surface area contributed by atoms with Gasteiger partial charge in [-0.15, -0.1) is 0 Å². The van der Waals surface area contributed by atoms with Gasteiger partial charge >= 0.3 is 0 Å². The van der Waals surface area contributed by atoms with Crippen LogP contribution in [0.3, 0.4) is 0 Å². The average molecular weight is 384 g/mol. The molecule has 1 saturated heterocycles. The van der Waals surface area contributed by atoms with Gasteiger partial charge in [-0.25, -0.2) is 9.67 Å². The minimum Gasteiger partial charge on any atom is -0.376 e. The summed E-state index contributed by atoms with van der Waals surface area (Å²) < 4.78 is 7.37. The summed E-state index contributed by atoms with van der Waals surface area (Å²) in [6, 6.07) is 3.83. The van der Waals surface area contributed by atoms with Crippen molar-refractivity contribution in [1.29, 1.82) is 0 Å². The maximum absolute atomic E-state index is 11.9. The smallest absolute Gasteiger partial charge is 0.266 e. The molecule has 2 aromatic rings. The quantitative estimate of drug-likeness (QED) is 0.859. The predicted octanol–water partition coefficient (Wildman–Crippen LogP) is 1.75. The molecule has 0 aromatic carbocycles. The Morgan fingerprint density at radius 2 is 2.21 bits per heavy atom. The van der Waals surface area contributed by atoms with Crippen LogP contribution in [0.15, 0.2) is 23.1 Å². The Bertz CT molecular complexity index is 897. The van der Waals surface area contributed by atoms with E-state index in [1.807, 2.05) is 6.07 Å². The van der Waals surface area contributed by atoms with Gasteiger partial charge in [0.1, 0.15) is 5.82 Å². The molecule has 8 heteroatoms. The Morgan fingerprint density at radius 3 is 3.04 bits per heavy atom. The lowest BCUT2D eigenvalue weighted by molar-refractivity contribution is -0.0203. The van der Waals surface area contributed by atoms with Crippen molar-refractivity contribution in [2.24, 2.45) is 13.0 Å². The molecular formula is C20H28N6O2. The minimum atomic E-state index is -0.0889. The van der Waals surface area contributed by atoms with Crippen LogP contribution in [-0.4, -0.2) is 45.0 Å². The first-order valence-electron chi connectivity index (χ1n) is 10.0. The molecule has 2 atom stereocenters. The molecule has 28 heavy (non-hydrogen) atoms. The summed E-state index contributed by atoms with van der Waals surface area (Å²) in [5, 5.41) is 7.93. The van der Waals surface area contributed by atoms with E-state index >= 15 is 0 Å². The van der Waals surface area contributed by atoms with Gasteiger partial charge in [-0.05, 0) is 24.8 Å². The standard InChI is InChI=1S/C20H28N6O2/c1-13(2)19-16(5-4-10-28-19)22-17-6-8-21-20(23-17)26-9-7-15-14(12-26)11-18(27)25(3)24-15/h6,8,11,13,16,19H,4-5,7,9-10,12H2,1-3H3,(H,21,22,23)/t16-,19-/m0/s1. The number of nitrogens with one attached hydrogen (secondary N) is 1. The van der Waals surface area contributed by atoms with Gasteiger partial charge in [0.2, 0.25) is 5.95 Å². The number of nitrogens with zero attached hydrogens (tertiary/aromatic N) is 5. The van der Waals surface area contributed by atoms with Gasteiger partial charge in [0, 0.05) is 51.0 Å². The summed E-state index contributed by atoms with van der Waals surface area (Å²) in [5.74, 6) is 1.95. The molecule has 150 valence electrons. The first kappa shape index (κ1) is 18.9. The number of hydrogen-bond donors (Lipinski definition) is 1. The molecular weight excluding hydrogens is 356 g/mol. The number of aromatic nitrogens is 4. The van der Waals surface area contributed by atoms with E-state index in [2.05, 4.69) is 34.1 Å². The van der Waals surface area contributed by atoms with Crippen molar-refractivity contribution < 1.29 is 4.74 Å². The average Bonchev–Trinajstić information content (AvgIpc) is 2.69. The van der Waals surface area contributed by atoms with Gasteiger partial charge in [-0.2, -0.15) is 10.1 Å². The van der Waals surface area contributed by atoms with Gasteiger partial charge in [0.25, 0.3) is 5.56 Å². The maximum Gasteiger partial charge on any atom is 0.266 e.